The zero-order valence-electron chi connectivity index (χ0n) is 8.94. The molecule has 0 fully saturated rings. The molecule has 0 aliphatic rings. The zero-order chi connectivity index (χ0) is 12.1. The molecule has 4 nitrogen and oxygen atoms in total. The summed E-state index contributed by atoms with van der Waals surface area (Å²) in [5.41, 5.74) is 0.143. The third kappa shape index (κ3) is 3.07. The Balaban J connectivity index is 1.87. The Morgan fingerprint density at radius 2 is 2.06 bits per heavy atom. The molecule has 88 valence electrons. The van der Waals surface area contributed by atoms with Gasteiger partial charge < -0.3 is 15.1 Å². The van der Waals surface area contributed by atoms with Crippen molar-refractivity contribution < 1.29 is 13.6 Å². The summed E-state index contributed by atoms with van der Waals surface area (Å²) < 4.78 is 18.2. The summed E-state index contributed by atoms with van der Waals surface area (Å²) in [6, 6.07) is 8.96. The van der Waals surface area contributed by atoms with Crippen molar-refractivity contribution in [2.45, 2.75) is 6.54 Å². The van der Waals surface area contributed by atoms with E-state index in [1.165, 1.54) is 18.4 Å². The second-order valence-electron chi connectivity index (χ2n) is 3.37. The first-order valence-electron chi connectivity index (χ1n) is 5.07. The lowest BCUT2D eigenvalue weighted by molar-refractivity contribution is 0.250. The number of para-hydroxylation sites is 1. The van der Waals surface area contributed by atoms with Gasteiger partial charge in [0.25, 0.3) is 0 Å². The quantitative estimate of drug-likeness (QED) is 0.857. The van der Waals surface area contributed by atoms with E-state index in [1.807, 2.05) is 0 Å². The van der Waals surface area contributed by atoms with Crippen LogP contribution in [-0.4, -0.2) is 6.03 Å². The molecule has 5 heteroatoms. The molecule has 1 heterocycles. The number of furan rings is 1. The van der Waals surface area contributed by atoms with Crippen molar-refractivity contribution in [1.82, 2.24) is 5.32 Å². The van der Waals surface area contributed by atoms with Crippen LogP contribution in [0, 0.1) is 5.82 Å². The number of halogens is 1. The maximum Gasteiger partial charge on any atom is 0.319 e. The minimum Gasteiger partial charge on any atom is -0.467 e. The number of nitrogens with one attached hydrogen (secondary N) is 2. The van der Waals surface area contributed by atoms with Crippen molar-refractivity contribution in [3.63, 3.8) is 0 Å². The van der Waals surface area contributed by atoms with Crippen LogP contribution in [0.5, 0.6) is 0 Å². The minimum absolute atomic E-state index is 0.143. The fraction of sp³-hybridized carbons (Fsp3) is 0.0833. The van der Waals surface area contributed by atoms with Gasteiger partial charge in [-0.2, -0.15) is 0 Å². The average Bonchev–Trinajstić information content (AvgIpc) is 2.82. The normalized spacial score (nSPS) is 9.94. The SMILES string of the molecule is O=C(NCc1ccco1)Nc1ccccc1F. The second-order valence-corrected chi connectivity index (χ2v) is 3.37. The second kappa shape index (κ2) is 5.16. The maximum absolute atomic E-state index is 13.2. The third-order valence-corrected chi connectivity index (χ3v) is 2.13. The summed E-state index contributed by atoms with van der Waals surface area (Å²) in [6.07, 6.45) is 1.52. The Bertz CT molecular complexity index is 497. The van der Waals surface area contributed by atoms with E-state index in [0.717, 1.165) is 0 Å². The molecule has 1 aromatic carbocycles. The molecule has 0 spiro atoms. The summed E-state index contributed by atoms with van der Waals surface area (Å²) in [5.74, 6) is 0.161. The van der Waals surface area contributed by atoms with Gasteiger partial charge in [-0.3, -0.25) is 0 Å². The Morgan fingerprint density at radius 3 is 2.76 bits per heavy atom. The van der Waals surface area contributed by atoms with Gasteiger partial charge in [0.2, 0.25) is 0 Å². The largest absolute Gasteiger partial charge is 0.467 e. The standard InChI is InChI=1S/C12H11FN2O2/c13-10-5-1-2-6-11(10)15-12(16)14-8-9-4-3-7-17-9/h1-7H,8H2,(H2,14,15,16). The molecule has 1 aromatic heterocycles. The van der Waals surface area contributed by atoms with E-state index < -0.39 is 11.8 Å². The van der Waals surface area contributed by atoms with Crippen molar-refractivity contribution in [3.8, 4) is 0 Å². The van der Waals surface area contributed by atoms with E-state index in [2.05, 4.69) is 10.6 Å². The van der Waals surface area contributed by atoms with Gasteiger partial charge in [0.1, 0.15) is 11.6 Å². The van der Waals surface area contributed by atoms with Gasteiger partial charge in [0.15, 0.2) is 0 Å². The van der Waals surface area contributed by atoms with Crippen molar-refractivity contribution in [2.75, 3.05) is 5.32 Å². The van der Waals surface area contributed by atoms with Crippen molar-refractivity contribution in [2.24, 2.45) is 0 Å². The van der Waals surface area contributed by atoms with Gasteiger partial charge in [0.05, 0.1) is 18.5 Å². The number of anilines is 1. The molecule has 0 saturated carbocycles. The van der Waals surface area contributed by atoms with E-state index in [0.29, 0.717) is 5.76 Å². The van der Waals surface area contributed by atoms with Crippen LogP contribution in [0.4, 0.5) is 14.9 Å². The highest BCUT2D eigenvalue weighted by Gasteiger charge is 2.05. The number of amides is 2. The Kier molecular flexibility index (Phi) is 3.40. The molecule has 2 N–H and O–H groups in total. The molecule has 0 atom stereocenters. The van der Waals surface area contributed by atoms with E-state index in [-0.39, 0.29) is 12.2 Å². The molecule has 0 radical (unpaired) electrons. The van der Waals surface area contributed by atoms with E-state index in [1.54, 1.807) is 24.3 Å². The number of carbonyl (C=O) groups excluding carboxylic acids is 1. The van der Waals surface area contributed by atoms with Gasteiger partial charge in [-0.05, 0) is 24.3 Å². The lowest BCUT2D eigenvalue weighted by Gasteiger charge is -2.06. The maximum atomic E-state index is 13.2. The number of urea groups is 1. The van der Waals surface area contributed by atoms with Gasteiger partial charge in [0, 0.05) is 0 Å². The molecule has 2 aromatic rings. The number of benzene rings is 1. The van der Waals surface area contributed by atoms with E-state index in [4.69, 9.17) is 4.42 Å². The minimum atomic E-state index is -0.480. The Morgan fingerprint density at radius 1 is 1.24 bits per heavy atom. The van der Waals surface area contributed by atoms with Crippen molar-refractivity contribution >= 4 is 11.7 Å². The van der Waals surface area contributed by atoms with Crippen LogP contribution >= 0.6 is 0 Å². The molecule has 0 aliphatic carbocycles. The fourth-order valence-electron chi connectivity index (χ4n) is 1.31. The summed E-state index contributed by atoms with van der Waals surface area (Å²) in [7, 11) is 0. The van der Waals surface area contributed by atoms with Crippen LogP contribution in [0.15, 0.2) is 47.1 Å². The van der Waals surface area contributed by atoms with E-state index in [9.17, 15) is 9.18 Å². The third-order valence-electron chi connectivity index (χ3n) is 2.13. The lowest BCUT2D eigenvalue weighted by atomic mass is 10.3. The van der Waals surface area contributed by atoms with Crippen LogP contribution in [0.1, 0.15) is 5.76 Å². The molecular formula is C12H11FN2O2. The molecular weight excluding hydrogens is 223 g/mol. The van der Waals surface area contributed by atoms with Gasteiger partial charge in [-0.15, -0.1) is 0 Å². The first-order valence-corrected chi connectivity index (χ1v) is 5.07. The molecule has 0 unspecified atom stereocenters. The van der Waals surface area contributed by atoms with Gasteiger partial charge in [-0.25, -0.2) is 9.18 Å². The molecule has 17 heavy (non-hydrogen) atoms. The van der Waals surface area contributed by atoms with Crippen LogP contribution < -0.4 is 10.6 Å². The van der Waals surface area contributed by atoms with Gasteiger partial charge in [-0.1, -0.05) is 12.1 Å². The van der Waals surface area contributed by atoms with Gasteiger partial charge >= 0.3 is 6.03 Å². The predicted octanol–water partition coefficient (Wildman–Crippen LogP) is 2.74. The number of carbonyl (C=O) groups is 1. The summed E-state index contributed by atoms with van der Waals surface area (Å²) in [5, 5.41) is 4.96. The number of hydrogen-bond acceptors (Lipinski definition) is 2. The molecule has 0 bridgehead atoms. The monoisotopic (exact) mass is 234 g/mol. The van der Waals surface area contributed by atoms with Crippen LogP contribution in [0.25, 0.3) is 0 Å². The highest BCUT2D eigenvalue weighted by atomic mass is 19.1. The molecule has 2 rings (SSSR count). The summed E-state index contributed by atoms with van der Waals surface area (Å²) >= 11 is 0. The lowest BCUT2D eigenvalue weighted by Crippen LogP contribution is -2.28. The first kappa shape index (κ1) is 11.2. The Labute approximate surface area is 97.4 Å². The highest BCUT2D eigenvalue weighted by molar-refractivity contribution is 5.89. The number of hydrogen-bond donors (Lipinski definition) is 2. The number of rotatable bonds is 3. The van der Waals surface area contributed by atoms with Crippen LogP contribution in [0.3, 0.4) is 0 Å². The molecule has 0 saturated heterocycles. The zero-order valence-corrected chi connectivity index (χ0v) is 8.94. The van der Waals surface area contributed by atoms with Crippen molar-refractivity contribution in [3.05, 3.63) is 54.2 Å². The summed E-state index contributed by atoms with van der Waals surface area (Å²) in [6.45, 7) is 0.257. The topological polar surface area (TPSA) is 54.3 Å². The average molecular weight is 234 g/mol. The fourth-order valence-corrected chi connectivity index (χ4v) is 1.31. The Hall–Kier alpha value is -2.30. The molecule has 0 aliphatic heterocycles. The summed E-state index contributed by atoms with van der Waals surface area (Å²) in [4.78, 5) is 11.4. The highest BCUT2D eigenvalue weighted by Crippen LogP contribution is 2.11. The predicted molar refractivity (Wildman–Crippen MR) is 61.0 cm³/mol. The van der Waals surface area contributed by atoms with E-state index >= 15 is 0 Å². The van der Waals surface area contributed by atoms with Crippen LogP contribution in [-0.2, 0) is 6.54 Å². The molecule has 2 amide bonds. The van der Waals surface area contributed by atoms with Crippen molar-refractivity contribution in [1.29, 1.82) is 0 Å². The first-order chi connectivity index (χ1) is 8.25. The smallest absolute Gasteiger partial charge is 0.319 e. The van der Waals surface area contributed by atoms with Crippen LogP contribution in [0.2, 0.25) is 0 Å².